The number of rotatable bonds is 4. The van der Waals surface area contributed by atoms with Crippen molar-refractivity contribution in [3.05, 3.63) is 48.2 Å². The molecule has 0 aliphatic carbocycles. The second-order valence-electron chi connectivity index (χ2n) is 6.05. The third-order valence-corrected chi connectivity index (χ3v) is 4.55. The number of aryl methyl sites for hydroxylation is 1. The molecule has 0 bridgehead atoms. The fourth-order valence-corrected chi connectivity index (χ4v) is 3.24. The van der Waals surface area contributed by atoms with Crippen LogP contribution < -0.4 is 5.32 Å². The number of nitrogens with zero attached hydrogens (tertiary/aromatic N) is 3. The van der Waals surface area contributed by atoms with Crippen LogP contribution in [0.4, 0.5) is 5.82 Å². The van der Waals surface area contributed by atoms with Crippen LogP contribution >= 0.6 is 0 Å². The van der Waals surface area contributed by atoms with Gasteiger partial charge < -0.3 is 10.2 Å². The van der Waals surface area contributed by atoms with E-state index in [1.165, 1.54) is 0 Å². The van der Waals surface area contributed by atoms with Crippen molar-refractivity contribution in [2.75, 3.05) is 12.4 Å². The number of hydrogen-bond acceptors (Lipinski definition) is 3. The van der Waals surface area contributed by atoms with Crippen LogP contribution in [0.15, 0.2) is 42.6 Å². The summed E-state index contributed by atoms with van der Waals surface area (Å²) in [6, 6.07) is 11.3. The van der Waals surface area contributed by atoms with Crippen molar-refractivity contribution < 1.29 is 9.59 Å². The zero-order chi connectivity index (χ0) is 17.1. The molecule has 6 heteroatoms. The fourth-order valence-electron chi connectivity index (χ4n) is 3.24. The maximum atomic E-state index is 12.8. The Kier molecular flexibility index (Phi) is 4.64. The average Bonchev–Trinajstić information content (AvgIpc) is 3.05. The molecule has 1 aromatic heterocycles. The number of benzene rings is 1. The second-order valence-corrected chi connectivity index (χ2v) is 6.05. The first-order valence-corrected chi connectivity index (χ1v) is 8.25. The van der Waals surface area contributed by atoms with Gasteiger partial charge in [-0.2, -0.15) is 5.10 Å². The highest BCUT2D eigenvalue weighted by Crippen LogP contribution is 2.36. The summed E-state index contributed by atoms with van der Waals surface area (Å²) < 4.78 is 1.76. The Hall–Kier alpha value is -2.63. The molecule has 0 saturated carbocycles. The summed E-state index contributed by atoms with van der Waals surface area (Å²) in [7, 11) is 1.77. The van der Waals surface area contributed by atoms with Crippen LogP contribution in [0.25, 0.3) is 0 Å². The van der Waals surface area contributed by atoms with Crippen molar-refractivity contribution >= 4 is 17.6 Å². The number of carbonyl (C=O) groups excluding carboxylic acids is 2. The van der Waals surface area contributed by atoms with Gasteiger partial charge >= 0.3 is 0 Å². The molecule has 0 spiro atoms. The molecule has 1 fully saturated rings. The molecule has 1 aliphatic rings. The van der Waals surface area contributed by atoms with Crippen molar-refractivity contribution in [1.29, 1.82) is 0 Å². The molecule has 2 aromatic rings. The topological polar surface area (TPSA) is 67.2 Å². The van der Waals surface area contributed by atoms with Gasteiger partial charge in [0.2, 0.25) is 11.8 Å². The summed E-state index contributed by atoms with van der Waals surface area (Å²) in [5.74, 6) is 0.239. The Bertz CT molecular complexity index is 726. The van der Waals surface area contributed by atoms with Crippen molar-refractivity contribution in [2.45, 2.75) is 32.4 Å². The number of carbonyl (C=O) groups is 2. The van der Waals surface area contributed by atoms with E-state index in [0.717, 1.165) is 12.1 Å². The Balaban J connectivity index is 1.83. The molecule has 24 heavy (non-hydrogen) atoms. The van der Waals surface area contributed by atoms with E-state index in [1.807, 2.05) is 43.5 Å². The van der Waals surface area contributed by atoms with Crippen LogP contribution in [0.5, 0.6) is 0 Å². The molecule has 3 rings (SSSR count). The lowest BCUT2D eigenvalue weighted by Gasteiger charge is -2.38. The number of aromatic nitrogens is 2. The van der Waals surface area contributed by atoms with Gasteiger partial charge in [0, 0.05) is 32.3 Å². The average molecular weight is 326 g/mol. The maximum absolute atomic E-state index is 12.8. The number of anilines is 1. The molecule has 1 N–H and O–H groups in total. The van der Waals surface area contributed by atoms with E-state index in [9.17, 15) is 9.59 Å². The molecule has 1 aromatic carbocycles. The first-order chi connectivity index (χ1) is 11.6. The number of amides is 2. The van der Waals surface area contributed by atoms with Crippen LogP contribution in [0.1, 0.15) is 31.4 Å². The number of piperidine rings is 1. The van der Waals surface area contributed by atoms with Gasteiger partial charge in [-0.25, -0.2) is 0 Å². The number of likely N-dealkylation sites (tertiary alicyclic amines) is 1. The summed E-state index contributed by atoms with van der Waals surface area (Å²) in [5.41, 5.74) is 0.979. The van der Waals surface area contributed by atoms with Gasteiger partial charge in [0.15, 0.2) is 5.82 Å². The second kappa shape index (κ2) is 6.86. The zero-order valence-electron chi connectivity index (χ0n) is 14.0. The highest BCUT2D eigenvalue weighted by Gasteiger charge is 2.38. The molecular weight excluding hydrogens is 304 g/mol. The van der Waals surface area contributed by atoms with Crippen LogP contribution in [0.2, 0.25) is 0 Å². The summed E-state index contributed by atoms with van der Waals surface area (Å²) in [6.07, 6.45) is 2.77. The summed E-state index contributed by atoms with van der Waals surface area (Å²) in [4.78, 5) is 26.6. The standard InChI is InChI=1S/C18H22N4O2/c1-3-22-12-11-15(20-22)19-18(24)14-9-10-16(23)21(2)17(14)13-7-5-4-6-8-13/h4-8,11-12,14,17H,3,9-10H2,1-2H3,(H,19,20,24). The number of nitrogens with one attached hydrogen (secondary N) is 1. The zero-order valence-corrected chi connectivity index (χ0v) is 14.0. The van der Waals surface area contributed by atoms with Crippen molar-refractivity contribution in [3.63, 3.8) is 0 Å². The van der Waals surface area contributed by atoms with Crippen LogP contribution in [0, 0.1) is 5.92 Å². The number of hydrogen-bond donors (Lipinski definition) is 1. The van der Waals surface area contributed by atoms with Gasteiger partial charge in [-0.3, -0.25) is 14.3 Å². The summed E-state index contributed by atoms with van der Waals surface area (Å²) in [5, 5.41) is 7.19. The lowest BCUT2D eigenvalue weighted by atomic mass is 9.84. The van der Waals surface area contributed by atoms with Crippen molar-refractivity contribution in [3.8, 4) is 0 Å². The van der Waals surface area contributed by atoms with E-state index in [-0.39, 0.29) is 23.8 Å². The van der Waals surface area contributed by atoms with E-state index >= 15 is 0 Å². The third kappa shape index (κ3) is 3.18. The molecular formula is C18H22N4O2. The molecule has 6 nitrogen and oxygen atoms in total. The molecule has 126 valence electrons. The highest BCUT2D eigenvalue weighted by molar-refractivity contribution is 5.93. The smallest absolute Gasteiger partial charge is 0.231 e. The molecule has 0 radical (unpaired) electrons. The van der Waals surface area contributed by atoms with Gasteiger partial charge in [0.05, 0.1) is 12.0 Å². The van der Waals surface area contributed by atoms with E-state index in [2.05, 4.69) is 10.4 Å². The first-order valence-electron chi connectivity index (χ1n) is 8.25. The third-order valence-electron chi connectivity index (χ3n) is 4.55. The van der Waals surface area contributed by atoms with Gasteiger partial charge in [-0.05, 0) is 18.9 Å². The lowest BCUT2D eigenvalue weighted by Crippen LogP contribution is -2.44. The minimum absolute atomic E-state index is 0.0724. The monoisotopic (exact) mass is 326 g/mol. The Labute approximate surface area is 141 Å². The minimum Gasteiger partial charge on any atom is -0.338 e. The lowest BCUT2D eigenvalue weighted by molar-refractivity contribution is -0.140. The van der Waals surface area contributed by atoms with Crippen molar-refractivity contribution in [2.24, 2.45) is 5.92 Å². The molecule has 2 atom stereocenters. The Morgan fingerprint density at radius 2 is 2.04 bits per heavy atom. The molecule has 1 saturated heterocycles. The predicted octanol–water partition coefficient (Wildman–Crippen LogP) is 2.45. The van der Waals surface area contributed by atoms with Gasteiger partial charge in [0.25, 0.3) is 0 Å². The van der Waals surface area contributed by atoms with Gasteiger partial charge in [0.1, 0.15) is 0 Å². The van der Waals surface area contributed by atoms with Crippen LogP contribution in [0.3, 0.4) is 0 Å². The Morgan fingerprint density at radius 1 is 1.29 bits per heavy atom. The molecule has 1 aliphatic heterocycles. The van der Waals surface area contributed by atoms with E-state index in [1.54, 1.807) is 22.7 Å². The summed E-state index contributed by atoms with van der Waals surface area (Å²) in [6.45, 7) is 2.74. The molecule has 2 amide bonds. The molecule has 2 unspecified atom stereocenters. The fraction of sp³-hybridized carbons (Fsp3) is 0.389. The highest BCUT2D eigenvalue weighted by atomic mass is 16.2. The minimum atomic E-state index is -0.290. The Morgan fingerprint density at radius 3 is 2.71 bits per heavy atom. The van der Waals surface area contributed by atoms with Crippen LogP contribution in [-0.4, -0.2) is 33.5 Å². The SMILES string of the molecule is CCn1ccc(NC(=O)C2CCC(=O)N(C)C2c2ccccc2)n1. The van der Waals surface area contributed by atoms with E-state index in [0.29, 0.717) is 18.7 Å². The largest absolute Gasteiger partial charge is 0.338 e. The quantitative estimate of drug-likeness (QED) is 0.938. The molecule has 2 heterocycles. The van der Waals surface area contributed by atoms with E-state index in [4.69, 9.17) is 0 Å². The van der Waals surface area contributed by atoms with E-state index < -0.39 is 0 Å². The van der Waals surface area contributed by atoms with Crippen LogP contribution in [-0.2, 0) is 16.1 Å². The first kappa shape index (κ1) is 16.2. The van der Waals surface area contributed by atoms with Gasteiger partial charge in [-0.1, -0.05) is 30.3 Å². The maximum Gasteiger partial charge on any atom is 0.231 e. The predicted molar refractivity (Wildman–Crippen MR) is 91.2 cm³/mol. The van der Waals surface area contributed by atoms with Gasteiger partial charge in [-0.15, -0.1) is 0 Å². The summed E-state index contributed by atoms with van der Waals surface area (Å²) >= 11 is 0. The normalized spacial score (nSPS) is 20.9. The van der Waals surface area contributed by atoms with Crippen molar-refractivity contribution in [1.82, 2.24) is 14.7 Å².